The fraction of sp³-hybridized carbons (Fsp3) is 0.364. The maximum atomic E-state index is 11.4. The monoisotopic (exact) mass is 238 g/mol. The van der Waals surface area contributed by atoms with Gasteiger partial charge in [-0.15, -0.1) is 0 Å². The summed E-state index contributed by atoms with van der Waals surface area (Å²) in [6.45, 7) is 2.33. The summed E-state index contributed by atoms with van der Waals surface area (Å²) in [5.41, 5.74) is 2.13. The van der Waals surface area contributed by atoms with Crippen molar-refractivity contribution in [3.8, 4) is 0 Å². The molecule has 1 aromatic carbocycles. The van der Waals surface area contributed by atoms with E-state index in [4.69, 9.17) is 0 Å². The van der Waals surface area contributed by atoms with Gasteiger partial charge in [0.15, 0.2) is 0 Å². The van der Waals surface area contributed by atoms with E-state index in [1.165, 1.54) is 0 Å². The Morgan fingerprint density at radius 1 is 1.56 bits per heavy atom. The van der Waals surface area contributed by atoms with Crippen molar-refractivity contribution in [3.63, 3.8) is 0 Å². The summed E-state index contributed by atoms with van der Waals surface area (Å²) in [4.78, 5) is 22.8. The number of carbonyl (C=O) groups excluding carboxylic acids is 1. The lowest BCUT2D eigenvalue weighted by Gasteiger charge is -2.15. The molecule has 0 aromatic heterocycles. The first-order chi connectivity index (χ1) is 7.63. The zero-order valence-corrected chi connectivity index (χ0v) is 10.3. The van der Waals surface area contributed by atoms with Gasteiger partial charge in [0.25, 0.3) is 0 Å². The Labute approximate surface area is 96.2 Å². The summed E-state index contributed by atoms with van der Waals surface area (Å²) in [5, 5.41) is 3.75. The highest BCUT2D eigenvalue weighted by molar-refractivity contribution is 7.57. The van der Waals surface area contributed by atoms with Gasteiger partial charge in [0.2, 0.25) is 5.91 Å². The molecule has 16 heavy (non-hydrogen) atoms. The number of hydrogen-bond acceptors (Lipinski definition) is 3. The van der Waals surface area contributed by atoms with Gasteiger partial charge in [0, 0.05) is 24.5 Å². The molecule has 2 N–H and O–H groups in total. The average molecular weight is 238 g/mol. The zero-order chi connectivity index (χ0) is 11.7. The minimum Gasteiger partial charge on any atom is -0.356 e. The van der Waals surface area contributed by atoms with Crippen LogP contribution in [0.4, 0.5) is 5.69 Å². The van der Waals surface area contributed by atoms with Crippen molar-refractivity contribution in [1.29, 1.82) is 0 Å². The zero-order valence-electron chi connectivity index (χ0n) is 9.40. The molecule has 86 valence electrons. The maximum Gasteiger partial charge on any atom is 0.223 e. The molecule has 0 spiro atoms. The molecule has 1 heterocycles. The lowest BCUT2D eigenvalue weighted by atomic mass is 10.2. The smallest absolute Gasteiger partial charge is 0.223 e. The standard InChI is InChI=1S/C11H15N2O2P/c1-8(14)13-6-5-9-7-10(16(15)12-2)3-4-11(9)13/h3-4,7,12,15H,5-6H2,1-2H3. The van der Waals surface area contributed by atoms with Crippen LogP contribution >= 0.6 is 8.30 Å². The number of amides is 1. The summed E-state index contributed by atoms with van der Waals surface area (Å²) >= 11 is 0. The first kappa shape index (κ1) is 11.5. The Balaban J connectivity index is 2.32. The van der Waals surface area contributed by atoms with Crippen LogP contribution in [0.25, 0.3) is 0 Å². The number of benzene rings is 1. The van der Waals surface area contributed by atoms with Crippen molar-refractivity contribution in [3.05, 3.63) is 23.8 Å². The molecule has 1 atom stereocenters. The third-order valence-corrected chi connectivity index (χ3v) is 3.99. The summed E-state index contributed by atoms with van der Waals surface area (Å²) in [6.07, 6.45) is 0.871. The molecule has 1 aromatic rings. The van der Waals surface area contributed by atoms with Crippen molar-refractivity contribution in [2.24, 2.45) is 0 Å². The average Bonchev–Trinajstić information content (AvgIpc) is 2.70. The first-order valence-electron chi connectivity index (χ1n) is 5.21. The van der Waals surface area contributed by atoms with Crippen LogP contribution in [0.15, 0.2) is 18.2 Å². The number of hydrogen-bond donors (Lipinski definition) is 2. The van der Waals surface area contributed by atoms with Crippen molar-refractivity contribution < 1.29 is 9.69 Å². The molecule has 0 aliphatic carbocycles. The number of anilines is 1. The molecule has 1 amide bonds. The highest BCUT2D eigenvalue weighted by atomic mass is 31.2. The van der Waals surface area contributed by atoms with E-state index in [0.717, 1.165) is 29.5 Å². The van der Waals surface area contributed by atoms with Crippen LogP contribution in [0.2, 0.25) is 0 Å². The van der Waals surface area contributed by atoms with Gasteiger partial charge in [-0.25, -0.2) is 0 Å². The van der Waals surface area contributed by atoms with Gasteiger partial charge < -0.3 is 9.79 Å². The van der Waals surface area contributed by atoms with Gasteiger partial charge in [-0.1, -0.05) is 0 Å². The van der Waals surface area contributed by atoms with Gasteiger partial charge in [0.1, 0.15) is 8.30 Å². The molecular weight excluding hydrogens is 223 g/mol. The Morgan fingerprint density at radius 2 is 2.31 bits per heavy atom. The minimum atomic E-state index is -1.26. The van der Waals surface area contributed by atoms with Gasteiger partial charge in [0.05, 0.1) is 0 Å². The summed E-state index contributed by atoms with van der Waals surface area (Å²) in [7, 11) is 0.474. The minimum absolute atomic E-state index is 0.0754. The van der Waals surface area contributed by atoms with E-state index in [1.807, 2.05) is 18.2 Å². The predicted molar refractivity (Wildman–Crippen MR) is 66.0 cm³/mol. The highest BCUT2D eigenvalue weighted by Gasteiger charge is 2.22. The van der Waals surface area contributed by atoms with E-state index < -0.39 is 8.30 Å². The quantitative estimate of drug-likeness (QED) is 0.747. The summed E-state index contributed by atoms with van der Waals surface area (Å²) in [5.74, 6) is 0.0754. The fourth-order valence-corrected chi connectivity index (χ4v) is 2.73. The predicted octanol–water partition coefficient (Wildman–Crippen LogP) is 0.745. The Hall–Kier alpha value is -0.960. The molecule has 1 unspecified atom stereocenters. The van der Waals surface area contributed by atoms with Crippen LogP contribution in [0.1, 0.15) is 12.5 Å². The Kier molecular flexibility index (Phi) is 3.24. The molecule has 1 aliphatic rings. The highest BCUT2D eigenvalue weighted by Crippen LogP contribution is 2.31. The van der Waals surface area contributed by atoms with E-state index >= 15 is 0 Å². The molecular formula is C11H15N2O2P. The Bertz CT molecular complexity index is 422. The van der Waals surface area contributed by atoms with Crippen molar-refractivity contribution in [2.45, 2.75) is 13.3 Å². The molecule has 4 nitrogen and oxygen atoms in total. The number of carbonyl (C=O) groups is 1. The van der Waals surface area contributed by atoms with E-state index in [0.29, 0.717) is 0 Å². The first-order valence-corrected chi connectivity index (χ1v) is 6.50. The second-order valence-corrected chi connectivity index (χ2v) is 5.36. The molecule has 0 radical (unpaired) electrons. The van der Waals surface area contributed by atoms with Crippen LogP contribution in [0.3, 0.4) is 0 Å². The lowest BCUT2D eigenvalue weighted by Crippen LogP contribution is -2.25. The van der Waals surface area contributed by atoms with Crippen LogP contribution in [-0.2, 0) is 11.2 Å². The van der Waals surface area contributed by atoms with E-state index in [1.54, 1.807) is 18.9 Å². The third-order valence-electron chi connectivity index (χ3n) is 2.80. The number of nitrogens with one attached hydrogen (secondary N) is 1. The van der Waals surface area contributed by atoms with Crippen molar-refractivity contribution in [2.75, 3.05) is 18.5 Å². The van der Waals surface area contributed by atoms with Crippen LogP contribution in [0, 0.1) is 0 Å². The Morgan fingerprint density at radius 3 is 2.94 bits per heavy atom. The van der Waals surface area contributed by atoms with Gasteiger partial charge in [-0.3, -0.25) is 9.88 Å². The van der Waals surface area contributed by atoms with E-state index in [-0.39, 0.29) is 5.91 Å². The maximum absolute atomic E-state index is 11.4. The molecule has 5 heteroatoms. The lowest BCUT2D eigenvalue weighted by molar-refractivity contribution is -0.116. The fourth-order valence-electron chi connectivity index (χ4n) is 1.98. The van der Waals surface area contributed by atoms with Crippen LogP contribution in [0.5, 0.6) is 0 Å². The summed E-state index contributed by atoms with van der Waals surface area (Å²) in [6, 6.07) is 5.78. The van der Waals surface area contributed by atoms with Gasteiger partial charge in [-0.2, -0.15) is 0 Å². The third kappa shape index (κ3) is 1.96. The van der Waals surface area contributed by atoms with Crippen LogP contribution in [-0.4, -0.2) is 24.4 Å². The second-order valence-electron chi connectivity index (χ2n) is 3.77. The number of nitrogens with zero attached hydrogens (tertiary/aromatic N) is 1. The normalized spacial score (nSPS) is 16.1. The van der Waals surface area contributed by atoms with Gasteiger partial charge >= 0.3 is 0 Å². The van der Waals surface area contributed by atoms with E-state index in [2.05, 4.69) is 5.09 Å². The molecule has 0 saturated carbocycles. The van der Waals surface area contributed by atoms with Crippen molar-refractivity contribution in [1.82, 2.24) is 5.09 Å². The summed E-state index contributed by atoms with van der Waals surface area (Å²) < 4.78 is 0. The molecule has 0 fully saturated rings. The molecule has 0 saturated heterocycles. The second kappa shape index (κ2) is 4.50. The van der Waals surface area contributed by atoms with E-state index in [9.17, 15) is 9.69 Å². The number of rotatable bonds is 2. The SMILES string of the molecule is CNP(O)c1ccc2c(c1)CCN2C(C)=O. The van der Waals surface area contributed by atoms with Crippen molar-refractivity contribution >= 4 is 25.2 Å². The molecule has 0 bridgehead atoms. The number of fused-ring (bicyclic) bond motifs is 1. The molecule has 1 aliphatic heterocycles. The topological polar surface area (TPSA) is 52.6 Å². The van der Waals surface area contributed by atoms with Crippen LogP contribution < -0.4 is 15.3 Å². The molecule has 2 rings (SSSR count). The largest absolute Gasteiger partial charge is 0.356 e. The van der Waals surface area contributed by atoms with Gasteiger partial charge in [-0.05, 0) is 37.2 Å².